The van der Waals surface area contributed by atoms with Gasteiger partial charge >= 0.3 is 0 Å². The normalized spacial score (nSPS) is 17.3. The number of anilines is 1. The van der Waals surface area contributed by atoms with E-state index in [2.05, 4.69) is 20.6 Å². The topological polar surface area (TPSA) is 101 Å². The molecule has 2 unspecified atom stereocenters. The van der Waals surface area contributed by atoms with E-state index in [0.717, 1.165) is 17.1 Å². The van der Waals surface area contributed by atoms with Crippen molar-refractivity contribution < 1.29 is 14.4 Å². The summed E-state index contributed by atoms with van der Waals surface area (Å²) in [5, 5.41) is 8.90. The molecule has 2 N–H and O–H groups in total. The van der Waals surface area contributed by atoms with E-state index in [4.69, 9.17) is 0 Å². The van der Waals surface area contributed by atoms with Gasteiger partial charge in [-0.1, -0.05) is 18.3 Å². The van der Waals surface area contributed by atoms with Gasteiger partial charge in [0.05, 0.1) is 22.5 Å². The molecule has 1 aliphatic rings. The number of nitrogens with one attached hydrogen (secondary N) is 2. The zero-order chi connectivity index (χ0) is 19.6. The van der Waals surface area contributed by atoms with E-state index in [1.54, 1.807) is 0 Å². The first-order valence-corrected chi connectivity index (χ1v) is 10.6. The maximum absolute atomic E-state index is 12.6. The van der Waals surface area contributed by atoms with Crippen LogP contribution < -0.4 is 10.6 Å². The molecule has 2 heterocycles. The summed E-state index contributed by atoms with van der Waals surface area (Å²) in [6.07, 6.45) is 1.72. The minimum atomic E-state index is -0.449. The number of fused-ring (bicyclic) bond motifs is 1. The van der Waals surface area contributed by atoms with Crippen molar-refractivity contribution in [3.63, 3.8) is 0 Å². The van der Waals surface area contributed by atoms with Crippen LogP contribution in [0.25, 0.3) is 0 Å². The molecule has 9 heteroatoms. The van der Waals surface area contributed by atoms with E-state index in [1.165, 1.54) is 22.7 Å². The number of hydrogen-bond acceptors (Lipinski definition) is 7. The lowest BCUT2D eigenvalue weighted by atomic mass is 9.89. The molecule has 0 aliphatic heterocycles. The molecule has 0 fully saturated rings. The van der Waals surface area contributed by atoms with Gasteiger partial charge in [0.25, 0.3) is 0 Å². The molecule has 0 aromatic carbocycles. The molecule has 2 aromatic rings. The van der Waals surface area contributed by atoms with E-state index in [1.807, 2.05) is 26.2 Å². The molecule has 0 saturated heterocycles. The third kappa shape index (κ3) is 4.59. The van der Waals surface area contributed by atoms with Gasteiger partial charge in [0.2, 0.25) is 11.8 Å². The fraction of sp³-hybridized carbons (Fsp3) is 0.500. The van der Waals surface area contributed by atoms with Gasteiger partial charge in [0.1, 0.15) is 5.01 Å². The highest BCUT2D eigenvalue weighted by atomic mass is 32.1. The van der Waals surface area contributed by atoms with Crippen molar-refractivity contribution in [3.05, 3.63) is 26.7 Å². The summed E-state index contributed by atoms with van der Waals surface area (Å²) < 4.78 is 0. The molecule has 27 heavy (non-hydrogen) atoms. The Morgan fingerprint density at radius 1 is 1.33 bits per heavy atom. The predicted octanol–water partition coefficient (Wildman–Crippen LogP) is 3.27. The van der Waals surface area contributed by atoms with Crippen LogP contribution in [0.15, 0.2) is 5.38 Å². The number of nitrogens with zero attached hydrogens (tertiary/aromatic N) is 2. The quantitative estimate of drug-likeness (QED) is 0.767. The average molecular weight is 407 g/mol. The molecule has 3 rings (SSSR count). The largest absolute Gasteiger partial charge is 0.347 e. The summed E-state index contributed by atoms with van der Waals surface area (Å²) in [7, 11) is 0. The van der Waals surface area contributed by atoms with Gasteiger partial charge in [-0.25, -0.2) is 9.97 Å². The Labute approximate surface area is 165 Å². The van der Waals surface area contributed by atoms with Crippen molar-refractivity contribution >= 4 is 45.4 Å². The first-order valence-electron chi connectivity index (χ1n) is 8.92. The van der Waals surface area contributed by atoms with Gasteiger partial charge in [-0.3, -0.25) is 14.4 Å². The second-order valence-electron chi connectivity index (χ2n) is 6.68. The van der Waals surface area contributed by atoms with Crippen molar-refractivity contribution in [1.82, 2.24) is 15.3 Å². The lowest BCUT2D eigenvalue weighted by Gasteiger charge is -2.21. The van der Waals surface area contributed by atoms with E-state index in [0.29, 0.717) is 28.5 Å². The molecular weight excluding hydrogens is 384 g/mol. The molecule has 2 atom stereocenters. The Morgan fingerprint density at radius 3 is 2.78 bits per heavy atom. The zero-order valence-electron chi connectivity index (χ0n) is 15.5. The second-order valence-corrected chi connectivity index (χ2v) is 8.57. The first-order chi connectivity index (χ1) is 12.9. The van der Waals surface area contributed by atoms with Gasteiger partial charge in [0, 0.05) is 30.3 Å². The molecule has 7 nitrogen and oxygen atoms in total. The summed E-state index contributed by atoms with van der Waals surface area (Å²) in [5.41, 5.74) is 1.52. The lowest BCUT2D eigenvalue weighted by Crippen LogP contribution is -2.37. The molecule has 1 aliphatic carbocycles. The van der Waals surface area contributed by atoms with E-state index in [-0.39, 0.29) is 30.1 Å². The maximum atomic E-state index is 12.6. The van der Waals surface area contributed by atoms with Gasteiger partial charge in [-0.2, -0.15) is 0 Å². The van der Waals surface area contributed by atoms with Crippen LogP contribution in [-0.2, 0) is 16.0 Å². The number of hydrogen-bond donors (Lipinski definition) is 2. The van der Waals surface area contributed by atoms with Gasteiger partial charge in [0.15, 0.2) is 10.9 Å². The first kappa shape index (κ1) is 19.6. The molecular formula is C18H22N4O3S2. The monoisotopic (exact) mass is 406 g/mol. The molecule has 0 spiro atoms. The van der Waals surface area contributed by atoms with Crippen LogP contribution in [-0.4, -0.2) is 27.6 Å². The van der Waals surface area contributed by atoms with Crippen LogP contribution >= 0.6 is 22.7 Å². The molecule has 0 radical (unpaired) electrons. The fourth-order valence-electron chi connectivity index (χ4n) is 2.94. The lowest BCUT2D eigenvalue weighted by molar-refractivity contribution is -0.125. The number of aromatic nitrogens is 2. The minimum absolute atomic E-state index is 0.0948. The number of aryl methyl sites for hydroxylation is 1. The number of ketones is 1. The molecule has 2 amide bonds. The average Bonchev–Trinajstić information content (AvgIpc) is 3.21. The molecule has 0 bridgehead atoms. The summed E-state index contributed by atoms with van der Waals surface area (Å²) in [6.45, 7) is 5.72. The van der Waals surface area contributed by atoms with Gasteiger partial charge in [-0.05, 0) is 20.3 Å². The van der Waals surface area contributed by atoms with E-state index < -0.39 is 5.92 Å². The van der Waals surface area contributed by atoms with Crippen LogP contribution in [0.2, 0.25) is 0 Å². The third-order valence-electron chi connectivity index (χ3n) is 4.28. The number of Topliss-reactive ketones (excluding diaryl/α,β-unsaturated/α-hetero) is 1. The van der Waals surface area contributed by atoms with Gasteiger partial charge in [-0.15, -0.1) is 11.3 Å². The Bertz CT molecular complexity index is 874. The summed E-state index contributed by atoms with van der Waals surface area (Å²) in [5.74, 6) is -0.825. The standard InChI is InChI=1S/C18H22N4O3S2/c1-4-5-14(24)22-18-21-12-6-11(7-13(23)15(12)27-18)16(25)20-10(3)17-19-9(2)8-26-17/h8,10-11H,4-7H2,1-3H3,(H,20,25)(H,21,22,24). The number of carbonyl (C=O) groups excluding carboxylic acids is 3. The van der Waals surface area contributed by atoms with Crippen LogP contribution in [0.1, 0.15) is 65.2 Å². The highest BCUT2D eigenvalue weighted by molar-refractivity contribution is 7.17. The number of amides is 2. The Kier molecular flexibility index (Phi) is 6.01. The molecule has 144 valence electrons. The van der Waals surface area contributed by atoms with E-state index >= 15 is 0 Å². The second kappa shape index (κ2) is 8.26. The van der Waals surface area contributed by atoms with E-state index in [9.17, 15) is 14.4 Å². The number of rotatable bonds is 6. The van der Waals surface area contributed by atoms with Crippen molar-refractivity contribution in [1.29, 1.82) is 0 Å². The highest BCUT2D eigenvalue weighted by Crippen LogP contribution is 2.33. The number of thiazole rings is 2. The van der Waals surface area contributed by atoms with Crippen molar-refractivity contribution in [2.24, 2.45) is 5.92 Å². The zero-order valence-corrected chi connectivity index (χ0v) is 17.1. The Morgan fingerprint density at radius 2 is 2.11 bits per heavy atom. The Hall–Kier alpha value is -2.13. The summed E-state index contributed by atoms with van der Waals surface area (Å²) in [4.78, 5) is 46.1. The maximum Gasteiger partial charge on any atom is 0.226 e. The number of carbonyl (C=O) groups is 3. The van der Waals surface area contributed by atoms with Crippen molar-refractivity contribution in [2.75, 3.05) is 5.32 Å². The highest BCUT2D eigenvalue weighted by Gasteiger charge is 2.33. The van der Waals surface area contributed by atoms with Gasteiger partial charge < -0.3 is 10.6 Å². The molecule has 2 aromatic heterocycles. The fourth-order valence-corrected chi connectivity index (χ4v) is 4.70. The SMILES string of the molecule is CCCC(=O)Nc1nc2c(s1)C(=O)CC(C(=O)NC(C)c1nc(C)cs1)C2. The van der Waals surface area contributed by atoms with Crippen LogP contribution in [0.3, 0.4) is 0 Å². The molecule has 0 saturated carbocycles. The minimum Gasteiger partial charge on any atom is -0.347 e. The van der Waals surface area contributed by atoms with Crippen LogP contribution in [0.4, 0.5) is 5.13 Å². The smallest absolute Gasteiger partial charge is 0.226 e. The van der Waals surface area contributed by atoms with Crippen molar-refractivity contribution in [3.8, 4) is 0 Å². The van der Waals surface area contributed by atoms with Crippen molar-refractivity contribution in [2.45, 2.75) is 52.5 Å². The van der Waals surface area contributed by atoms with Crippen LogP contribution in [0.5, 0.6) is 0 Å². The third-order valence-corrected chi connectivity index (χ3v) is 6.48. The summed E-state index contributed by atoms with van der Waals surface area (Å²) >= 11 is 2.70. The van der Waals surface area contributed by atoms with Crippen LogP contribution in [0, 0.1) is 12.8 Å². The summed E-state index contributed by atoms with van der Waals surface area (Å²) in [6, 6.07) is -0.202. The Balaban J connectivity index is 1.66. The predicted molar refractivity (Wildman–Crippen MR) is 105 cm³/mol.